The predicted molar refractivity (Wildman–Crippen MR) is 68.2 cm³/mol. The lowest BCUT2D eigenvalue weighted by molar-refractivity contribution is 0.0131. The van der Waals surface area contributed by atoms with Gasteiger partial charge < -0.3 is 21.0 Å². The fourth-order valence-electron chi connectivity index (χ4n) is 2.04. The largest absolute Gasteiger partial charge is 0.409 e. The van der Waals surface area contributed by atoms with E-state index in [1.807, 2.05) is 13.8 Å². The highest BCUT2D eigenvalue weighted by Gasteiger charge is 2.24. The third kappa shape index (κ3) is 4.52. The molecule has 2 unspecified atom stereocenters. The second-order valence-corrected chi connectivity index (χ2v) is 5.48. The van der Waals surface area contributed by atoms with Crippen LogP contribution in [0.15, 0.2) is 5.16 Å². The molecule has 2 atom stereocenters. The predicted octanol–water partition coefficient (Wildman–Crippen LogP) is 1.31. The Morgan fingerprint density at radius 3 is 2.88 bits per heavy atom. The fourth-order valence-corrected chi connectivity index (χ4v) is 2.04. The molecule has 0 aromatic heterocycles. The Kier molecular flexibility index (Phi) is 5.21. The van der Waals surface area contributed by atoms with E-state index in [0.29, 0.717) is 18.0 Å². The lowest BCUT2D eigenvalue weighted by atomic mass is 9.88. The number of nitrogens with zero attached hydrogens (tertiary/aromatic N) is 1. The summed E-state index contributed by atoms with van der Waals surface area (Å²) in [6.45, 7) is 7.78. The molecule has 0 aliphatic carbocycles. The van der Waals surface area contributed by atoms with Crippen molar-refractivity contribution in [2.75, 3.05) is 13.2 Å². The van der Waals surface area contributed by atoms with E-state index >= 15 is 0 Å². The molecule has 0 bridgehead atoms. The summed E-state index contributed by atoms with van der Waals surface area (Å²) in [5, 5.41) is 15.3. The summed E-state index contributed by atoms with van der Waals surface area (Å²) >= 11 is 0. The fraction of sp³-hybridized carbons (Fsp3) is 0.917. The summed E-state index contributed by atoms with van der Waals surface area (Å²) in [6.07, 6.45) is 3.32. The highest BCUT2D eigenvalue weighted by molar-refractivity contribution is 5.85. The van der Waals surface area contributed by atoms with Gasteiger partial charge in [0, 0.05) is 18.1 Å². The molecule has 0 radical (unpaired) electrons. The van der Waals surface area contributed by atoms with Gasteiger partial charge in [0.25, 0.3) is 0 Å². The zero-order valence-corrected chi connectivity index (χ0v) is 11.1. The summed E-state index contributed by atoms with van der Waals surface area (Å²) in [7, 11) is 0. The number of nitrogens with two attached hydrogens (primary N) is 1. The molecule has 1 aliphatic heterocycles. The summed E-state index contributed by atoms with van der Waals surface area (Å²) in [5.41, 5.74) is 5.38. The number of amidine groups is 1. The zero-order valence-electron chi connectivity index (χ0n) is 11.1. The molecule has 1 heterocycles. The smallest absolute Gasteiger partial charge is 0.144 e. The van der Waals surface area contributed by atoms with Crippen molar-refractivity contribution in [2.45, 2.75) is 52.2 Å². The molecule has 4 N–H and O–H groups in total. The van der Waals surface area contributed by atoms with Gasteiger partial charge in [-0.05, 0) is 32.7 Å². The molecule has 1 saturated heterocycles. The molecule has 0 spiro atoms. The normalized spacial score (nSPS) is 27.1. The molecule has 0 aromatic rings. The van der Waals surface area contributed by atoms with Crippen molar-refractivity contribution in [3.63, 3.8) is 0 Å². The molecule has 1 aliphatic rings. The van der Waals surface area contributed by atoms with Crippen molar-refractivity contribution in [2.24, 2.45) is 16.3 Å². The number of rotatable bonds is 5. The van der Waals surface area contributed by atoms with Crippen LogP contribution in [0.1, 0.15) is 40.0 Å². The third-order valence-electron chi connectivity index (χ3n) is 3.47. The molecular weight excluding hydrogens is 218 g/mol. The molecule has 0 saturated carbocycles. The van der Waals surface area contributed by atoms with Crippen molar-refractivity contribution < 1.29 is 9.94 Å². The molecule has 0 aromatic carbocycles. The van der Waals surface area contributed by atoms with Gasteiger partial charge in [0.15, 0.2) is 0 Å². The molecule has 100 valence electrons. The molecule has 1 fully saturated rings. The highest BCUT2D eigenvalue weighted by Crippen LogP contribution is 2.20. The van der Waals surface area contributed by atoms with Crippen molar-refractivity contribution in [1.29, 1.82) is 0 Å². The van der Waals surface area contributed by atoms with E-state index in [1.165, 1.54) is 0 Å². The number of hydrogen-bond acceptors (Lipinski definition) is 4. The van der Waals surface area contributed by atoms with E-state index in [1.54, 1.807) is 0 Å². The van der Waals surface area contributed by atoms with Crippen molar-refractivity contribution in [3.8, 4) is 0 Å². The van der Waals surface area contributed by atoms with Gasteiger partial charge in [-0.2, -0.15) is 0 Å². The van der Waals surface area contributed by atoms with Crippen LogP contribution in [0.25, 0.3) is 0 Å². The van der Waals surface area contributed by atoms with Crippen LogP contribution in [0.2, 0.25) is 0 Å². The Bertz CT molecular complexity index is 266. The van der Waals surface area contributed by atoms with E-state index in [9.17, 15) is 0 Å². The van der Waals surface area contributed by atoms with Crippen LogP contribution in [-0.4, -0.2) is 36.3 Å². The minimum absolute atomic E-state index is 0.265. The second kappa shape index (κ2) is 6.21. The number of nitrogens with one attached hydrogen (secondary N) is 1. The van der Waals surface area contributed by atoms with Gasteiger partial charge in [-0.3, -0.25) is 0 Å². The Labute approximate surface area is 103 Å². The van der Waals surface area contributed by atoms with Gasteiger partial charge in [0.1, 0.15) is 5.84 Å². The zero-order chi connectivity index (χ0) is 12.9. The standard InChI is InChI=1S/C12H25N3O2/c1-9-8-10(4-7-17-9)14-6-5-12(2,3)11(13)15-16/h9-10,14,16H,4-8H2,1-3H3,(H2,13,15). The van der Waals surface area contributed by atoms with Gasteiger partial charge in [0.05, 0.1) is 6.10 Å². The van der Waals surface area contributed by atoms with Crippen LogP contribution >= 0.6 is 0 Å². The monoisotopic (exact) mass is 243 g/mol. The first kappa shape index (κ1) is 14.3. The molecule has 1 rings (SSSR count). The maximum Gasteiger partial charge on any atom is 0.144 e. The molecule has 5 heteroatoms. The molecular formula is C12H25N3O2. The minimum atomic E-state index is -0.265. The van der Waals surface area contributed by atoms with Crippen LogP contribution in [0.3, 0.4) is 0 Å². The Morgan fingerprint density at radius 1 is 1.59 bits per heavy atom. The van der Waals surface area contributed by atoms with E-state index in [-0.39, 0.29) is 5.41 Å². The first-order valence-electron chi connectivity index (χ1n) is 6.28. The lowest BCUT2D eigenvalue weighted by Gasteiger charge is -2.29. The number of oxime groups is 1. The molecule has 17 heavy (non-hydrogen) atoms. The van der Waals surface area contributed by atoms with Crippen molar-refractivity contribution >= 4 is 5.84 Å². The van der Waals surface area contributed by atoms with E-state index in [2.05, 4.69) is 17.4 Å². The topological polar surface area (TPSA) is 79.9 Å². The summed E-state index contributed by atoms with van der Waals surface area (Å²) < 4.78 is 5.50. The quantitative estimate of drug-likeness (QED) is 0.294. The first-order chi connectivity index (χ1) is 7.95. The molecule has 5 nitrogen and oxygen atoms in total. The lowest BCUT2D eigenvalue weighted by Crippen LogP contribution is -2.41. The Hall–Kier alpha value is -0.810. The number of ether oxygens (including phenoxy) is 1. The number of hydrogen-bond donors (Lipinski definition) is 3. The van der Waals surface area contributed by atoms with E-state index in [4.69, 9.17) is 15.7 Å². The SMILES string of the molecule is CC1CC(NCCC(C)(C)C(N)=NO)CCO1. The maximum atomic E-state index is 8.68. The molecule has 0 amide bonds. The highest BCUT2D eigenvalue weighted by atomic mass is 16.5. The van der Waals surface area contributed by atoms with Gasteiger partial charge in [0.2, 0.25) is 0 Å². The van der Waals surface area contributed by atoms with Crippen LogP contribution in [0.4, 0.5) is 0 Å². The van der Waals surface area contributed by atoms with Gasteiger partial charge in [-0.15, -0.1) is 0 Å². The van der Waals surface area contributed by atoms with Crippen LogP contribution in [-0.2, 0) is 4.74 Å². The van der Waals surface area contributed by atoms with Crippen molar-refractivity contribution in [3.05, 3.63) is 0 Å². The van der Waals surface area contributed by atoms with Gasteiger partial charge >= 0.3 is 0 Å². The van der Waals surface area contributed by atoms with E-state index in [0.717, 1.165) is 32.4 Å². The van der Waals surface area contributed by atoms with Crippen molar-refractivity contribution in [1.82, 2.24) is 5.32 Å². The first-order valence-corrected chi connectivity index (χ1v) is 6.28. The van der Waals surface area contributed by atoms with Gasteiger partial charge in [-0.25, -0.2) is 0 Å². The van der Waals surface area contributed by atoms with Crippen LogP contribution in [0, 0.1) is 5.41 Å². The average Bonchev–Trinajstić information content (AvgIpc) is 2.27. The van der Waals surface area contributed by atoms with Crippen LogP contribution < -0.4 is 11.1 Å². The van der Waals surface area contributed by atoms with Crippen LogP contribution in [0.5, 0.6) is 0 Å². The summed E-state index contributed by atoms with van der Waals surface area (Å²) in [5.74, 6) is 0.291. The Morgan fingerprint density at radius 2 is 2.29 bits per heavy atom. The van der Waals surface area contributed by atoms with E-state index < -0.39 is 0 Å². The minimum Gasteiger partial charge on any atom is -0.409 e. The average molecular weight is 243 g/mol. The van der Waals surface area contributed by atoms with Gasteiger partial charge in [-0.1, -0.05) is 19.0 Å². The Balaban J connectivity index is 2.27. The third-order valence-corrected chi connectivity index (χ3v) is 3.47. The second-order valence-electron chi connectivity index (χ2n) is 5.48. The maximum absolute atomic E-state index is 8.68. The summed E-state index contributed by atoms with van der Waals surface area (Å²) in [4.78, 5) is 0. The summed E-state index contributed by atoms with van der Waals surface area (Å²) in [6, 6.07) is 0.529.